The molecule has 0 aliphatic carbocycles. The van der Waals surface area contributed by atoms with E-state index in [1.54, 1.807) is 19.9 Å². The minimum Gasteiger partial charge on any atom is -0.466 e. The SMILES string of the molecule is CCN(CC)CCC[C@@H](C)NC(=O)CNC(=O)c1cc(C)oc1C. The summed E-state index contributed by atoms with van der Waals surface area (Å²) in [6, 6.07) is 1.78. The van der Waals surface area contributed by atoms with Crippen molar-refractivity contribution in [2.75, 3.05) is 26.2 Å². The van der Waals surface area contributed by atoms with Crippen LogP contribution in [0, 0.1) is 13.8 Å². The van der Waals surface area contributed by atoms with E-state index in [1.807, 2.05) is 6.92 Å². The fraction of sp³-hybridized carbons (Fsp3) is 0.667. The maximum atomic E-state index is 12.0. The summed E-state index contributed by atoms with van der Waals surface area (Å²) in [5.41, 5.74) is 0.479. The molecule has 0 aliphatic heterocycles. The van der Waals surface area contributed by atoms with Gasteiger partial charge in [0.2, 0.25) is 5.91 Å². The van der Waals surface area contributed by atoms with Crippen molar-refractivity contribution in [2.24, 2.45) is 0 Å². The molecule has 1 atom stereocenters. The first kappa shape index (κ1) is 20.2. The molecule has 1 aromatic heterocycles. The van der Waals surface area contributed by atoms with E-state index in [4.69, 9.17) is 4.42 Å². The van der Waals surface area contributed by atoms with Crippen LogP contribution in [0.4, 0.5) is 0 Å². The minimum atomic E-state index is -0.284. The van der Waals surface area contributed by atoms with E-state index in [0.717, 1.165) is 32.5 Å². The normalized spacial score (nSPS) is 12.2. The van der Waals surface area contributed by atoms with Crippen LogP contribution in [0.1, 0.15) is 55.5 Å². The molecule has 6 nitrogen and oxygen atoms in total. The van der Waals surface area contributed by atoms with Gasteiger partial charge in [-0.1, -0.05) is 13.8 Å². The van der Waals surface area contributed by atoms with Crippen LogP contribution in [0.25, 0.3) is 0 Å². The molecule has 6 heteroatoms. The molecule has 0 aromatic carbocycles. The van der Waals surface area contributed by atoms with Crippen molar-refractivity contribution in [3.8, 4) is 0 Å². The molecular formula is C18H31N3O3. The Bertz CT molecular complexity index is 536. The lowest BCUT2D eigenvalue weighted by Crippen LogP contribution is -2.41. The Morgan fingerprint density at radius 1 is 1.25 bits per heavy atom. The van der Waals surface area contributed by atoms with Gasteiger partial charge in [-0.05, 0) is 59.3 Å². The van der Waals surface area contributed by atoms with Crippen molar-refractivity contribution in [3.05, 3.63) is 23.2 Å². The van der Waals surface area contributed by atoms with E-state index < -0.39 is 0 Å². The monoisotopic (exact) mass is 337 g/mol. The molecule has 1 rings (SSSR count). The van der Waals surface area contributed by atoms with Crippen molar-refractivity contribution in [1.29, 1.82) is 0 Å². The molecule has 0 bridgehead atoms. The van der Waals surface area contributed by atoms with Crippen molar-refractivity contribution < 1.29 is 14.0 Å². The summed E-state index contributed by atoms with van der Waals surface area (Å²) in [6.07, 6.45) is 1.97. The largest absolute Gasteiger partial charge is 0.466 e. The van der Waals surface area contributed by atoms with Gasteiger partial charge in [-0.25, -0.2) is 0 Å². The second kappa shape index (κ2) is 10.1. The van der Waals surface area contributed by atoms with Gasteiger partial charge in [0, 0.05) is 6.04 Å². The lowest BCUT2D eigenvalue weighted by molar-refractivity contribution is -0.120. The maximum absolute atomic E-state index is 12.0. The van der Waals surface area contributed by atoms with Crippen LogP contribution in [0.5, 0.6) is 0 Å². The van der Waals surface area contributed by atoms with E-state index in [9.17, 15) is 9.59 Å². The Hall–Kier alpha value is -1.82. The van der Waals surface area contributed by atoms with E-state index in [-0.39, 0.29) is 24.4 Å². The average molecular weight is 337 g/mol. The molecule has 24 heavy (non-hydrogen) atoms. The van der Waals surface area contributed by atoms with Crippen LogP contribution in [0.2, 0.25) is 0 Å². The van der Waals surface area contributed by atoms with Crippen LogP contribution in [-0.4, -0.2) is 48.9 Å². The fourth-order valence-corrected chi connectivity index (χ4v) is 2.67. The third kappa shape index (κ3) is 6.74. The first-order chi connectivity index (χ1) is 11.4. The molecule has 0 saturated heterocycles. The van der Waals surface area contributed by atoms with E-state index in [0.29, 0.717) is 17.1 Å². The zero-order valence-electron chi connectivity index (χ0n) is 15.6. The van der Waals surface area contributed by atoms with Gasteiger partial charge < -0.3 is 20.0 Å². The quantitative estimate of drug-likeness (QED) is 0.687. The Morgan fingerprint density at radius 3 is 2.46 bits per heavy atom. The van der Waals surface area contributed by atoms with Crippen LogP contribution < -0.4 is 10.6 Å². The second-order valence-electron chi connectivity index (χ2n) is 6.15. The summed E-state index contributed by atoms with van der Waals surface area (Å²) in [7, 11) is 0. The van der Waals surface area contributed by atoms with Crippen LogP contribution in [0.15, 0.2) is 10.5 Å². The number of rotatable bonds is 10. The zero-order valence-corrected chi connectivity index (χ0v) is 15.6. The predicted molar refractivity (Wildman–Crippen MR) is 95.1 cm³/mol. The van der Waals surface area contributed by atoms with Crippen LogP contribution in [0.3, 0.4) is 0 Å². The number of amides is 2. The number of carbonyl (C=O) groups is 2. The molecule has 0 spiro atoms. The number of hydrogen-bond acceptors (Lipinski definition) is 4. The zero-order chi connectivity index (χ0) is 18.1. The minimum absolute atomic E-state index is 0.0249. The lowest BCUT2D eigenvalue weighted by atomic mass is 10.1. The average Bonchev–Trinajstić information content (AvgIpc) is 2.88. The number of nitrogens with zero attached hydrogens (tertiary/aromatic N) is 1. The third-order valence-electron chi connectivity index (χ3n) is 4.11. The van der Waals surface area contributed by atoms with Gasteiger partial charge in [-0.2, -0.15) is 0 Å². The molecule has 2 N–H and O–H groups in total. The molecule has 0 unspecified atom stereocenters. The first-order valence-electron chi connectivity index (χ1n) is 8.74. The maximum Gasteiger partial charge on any atom is 0.255 e. The van der Waals surface area contributed by atoms with Crippen LogP contribution in [-0.2, 0) is 4.79 Å². The molecule has 0 radical (unpaired) electrons. The van der Waals surface area contributed by atoms with E-state index in [1.165, 1.54) is 0 Å². The Kier molecular flexibility index (Phi) is 8.54. The number of carbonyl (C=O) groups excluding carboxylic acids is 2. The molecule has 1 aromatic rings. The van der Waals surface area contributed by atoms with E-state index >= 15 is 0 Å². The highest BCUT2D eigenvalue weighted by atomic mass is 16.3. The molecule has 0 aliphatic rings. The molecule has 136 valence electrons. The Morgan fingerprint density at radius 2 is 1.92 bits per heavy atom. The smallest absolute Gasteiger partial charge is 0.255 e. The molecule has 0 fully saturated rings. The standard InChI is InChI=1S/C18H31N3O3/c1-6-21(7-2)10-8-9-13(3)20-17(22)12-19-18(23)16-11-14(4)24-15(16)5/h11,13H,6-10,12H2,1-5H3,(H,19,23)(H,20,22)/t13-/m1/s1. The van der Waals surface area contributed by atoms with Crippen molar-refractivity contribution in [3.63, 3.8) is 0 Å². The van der Waals surface area contributed by atoms with Gasteiger partial charge in [0.1, 0.15) is 11.5 Å². The Balaban J connectivity index is 2.28. The number of hydrogen-bond donors (Lipinski definition) is 2. The summed E-state index contributed by atoms with van der Waals surface area (Å²) in [5.74, 6) is 0.796. The fourth-order valence-electron chi connectivity index (χ4n) is 2.67. The van der Waals surface area contributed by atoms with Gasteiger partial charge in [0.25, 0.3) is 5.91 Å². The highest BCUT2D eigenvalue weighted by molar-refractivity contribution is 5.97. The molecule has 1 heterocycles. The topological polar surface area (TPSA) is 74.6 Å². The first-order valence-corrected chi connectivity index (χ1v) is 8.74. The van der Waals surface area contributed by atoms with Crippen molar-refractivity contribution in [1.82, 2.24) is 15.5 Å². The summed E-state index contributed by atoms with van der Waals surface area (Å²) < 4.78 is 5.32. The van der Waals surface area contributed by atoms with Crippen LogP contribution >= 0.6 is 0 Å². The van der Waals surface area contributed by atoms with E-state index in [2.05, 4.69) is 29.4 Å². The summed E-state index contributed by atoms with van der Waals surface area (Å²) in [6.45, 7) is 12.9. The second-order valence-corrected chi connectivity index (χ2v) is 6.15. The lowest BCUT2D eigenvalue weighted by Gasteiger charge is -2.19. The highest BCUT2D eigenvalue weighted by Gasteiger charge is 2.15. The Labute approximate surface area is 145 Å². The van der Waals surface area contributed by atoms with Gasteiger partial charge in [0.05, 0.1) is 12.1 Å². The predicted octanol–water partition coefficient (Wildman–Crippen LogP) is 2.25. The third-order valence-corrected chi connectivity index (χ3v) is 4.11. The highest BCUT2D eigenvalue weighted by Crippen LogP contribution is 2.13. The summed E-state index contributed by atoms with van der Waals surface area (Å²) in [4.78, 5) is 26.3. The van der Waals surface area contributed by atoms with Gasteiger partial charge in [-0.3, -0.25) is 9.59 Å². The number of aryl methyl sites for hydroxylation is 2. The van der Waals surface area contributed by atoms with Gasteiger partial charge in [-0.15, -0.1) is 0 Å². The molecular weight excluding hydrogens is 306 g/mol. The van der Waals surface area contributed by atoms with Gasteiger partial charge >= 0.3 is 0 Å². The van der Waals surface area contributed by atoms with Gasteiger partial charge in [0.15, 0.2) is 0 Å². The number of furan rings is 1. The molecule has 2 amide bonds. The summed E-state index contributed by atoms with van der Waals surface area (Å²) in [5, 5.41) is 5.55. The van der Waals surface area contributed by atoms with Crippen molar-refractivity contribution in [2.45, 2.75) is 53.5 Å². The van der Waals surface area contributed by atoms with Crippen molar-refractivity contribution >= 4 is 11.8 Å². The molecule has 0 saturated carbocycles. The summed E-state index contributed by atoms with van der Waals surface area (Å²) >= 11 is 0. The number of nitrogens with one attached hydrogen (secondary N) is 2.